The van der Waals surface area contributed by atoms with Gasteiger partial charge in [-0.2, -0.15) is 0 Å². The quantitative estimate of drug-likeness (QED) is 0.553. The lowest BCUT2D eigenvalue weighted by Crippen LogP contribution is -2.23. The first-order chi connectivity index (χ1) is 13.1. The molecule has 0 saturated carbocycles. The number of hydrogen-bond donors (Lipinski definition) is 1. The van der Waals surface area contributed by atoms with Gasteiger partial charge in [0.05, 0.1) is 17.8 Å². The standard InChI is InChI=1S/C22H19N3OS/c1-14-7-3-5-9-17(14)22-24-15(2)20(27-22)13-23-21(26)19-12-11-16-8-4-6-10-18(16)25-19/h3-12H,13H2,1-2H3,(H,23,26). The molecule has 2 aromatic heterocycles. The topological polar surface area (TPSA) is 54.9 Å². The van der Waals surface area contributed by atoms with E-state index in [2.05, 4.69) is 34.3 Å². The van der Waals surface area contributed by atoms with Gasteiger partial charge >= 0.3 is 0 Å². The molecule has 4 rings (SSSR count). The third kappa shape index (κ3) is 3.59. The van der Waals surface area contributed by atoms with E-state index >= 15 is 0 Å². The van der Waals surface area contributed by atoms with Gasteiger partial charge in [-0.15, -0.1) is 11.3 Å². The maximum atomic E-state index is 12.5. The molecule has 1 N–H and O–H groups in total. The number of amides is 1. The Labute approximate surface area is 161 Å². The molecular formula is C22H19N3OS. The maximum absolute atomic E-state index is 12.5. The van der Waals surface area contributed by atoms with Crippen LogP contribution < -0.4 is 5.32 Å². The predicted octanol–water partition coefficient (Wildman–Crippen LogP) is 4.91. The average molecular weight is 373 g/mol. The van der Waals surface area contributed by atoms with E-state index in [4.69, 9.17) is 0 Å². The van der Waals surface area contributed by atoms with Crippen molar-refractivity contribution < 1.29 is 4.79 Å². The van der Waals surface area contributed by atoms with Gasteiger partial charge in [0.2, 0.25) is 0 Å². The second kappa shape index (κ2) is 7.29. The van der Waals surface area contributed by atoms with Crippen LogP contribution in [-0.2, 0) is 6.54 Å². The molecule has 4 nitrogen and oxygen atoms in total. The van der Waals surface area contributed by atoms with Crippen molar-refractivity contribution in [3.05, 3.63) is 82.5 Å². The summed E-state index contributed by atoms with van der Waals surface area (Å²) in [7, 11) is 0. The van der Waals surface area contributed by atoms with Gasteiger partial charge in [-0.1, -0.05) is 48.5 Å². The Bertz CT molecular complexity index is 1130. The first kappa shape index (κ1) is 17.4. The highest BCUT2D eigenvalue weighted by molar-refractivity contribution is 7.15. The van der Waals surface area contributed by atoms with Crippen molar-refractivity contribution >= 4 is 28.1 Å². The normalized spacial score (nSPS) is 10.9. The van der Waals surface area contributed by atoms with Gasteiger partial charge in [-0.3, -0.25) is 4.79 Å². The fourth-order valence-electron chi connectivity index (χ4n) is 2.96. The Morgan fingerprint density at radius 2 is 1.74 bits per heavy atom. The highest BCUT2D eigenvalue weighted by Crippen LogP contribution is 2.30. The number of carbonyl (C=O) groups excluding carboxylic acids is 1. The van der Waals surface area contributed by atoms with Gasteiger partial charge in [0.1, 0.15) is 10.7 Å². The molecule has 134 valence electrons. The fourth-order valence-corrected chi connectivity index (χ4v) is 4.06. The fraction of sp³-hybridized carbons (Fsp3) is 0.136. The van der Waals surface area contributed by atoms with Gasteiger partial charge in [-0.25, -0.2) is 9.97 Å². The number of rotatable bonds is 4. The van der Waals surface area contributed by atoms with E-state index in [9.17, 15) is 4.79 Å². The molecule has 4 aromatic rings. The molecule has 2 heterocycles. The summed E-state index contributed by atoms with van der Waals surface area (Å²) in [5.74, 6) is -0.175. The first-order valence-corrected chi connectivity index (χ1v) is 9.60. The zero-order valence-corrected chi connectivity index (χ0v) is 16.0. The molecule has 27 heavy (non-hydrogen) atoms. The number of benzene rings is 2. The Kier molecular flexibility index (Phi) is 4.69. The molecule has 0 radical (unpaired) electrons. The summed E-state index contributed by atoms with van der Waals surface area (Å²) in [6.45, 7) is 4.51. The molecule has 0 aliphatic rings. The van der Waals surface area contributed by atoms with Gasteiger partial charge in [0, 0.05) is 15.8 Å². The minimum absolute atomic E-state index is 0.175. The van der Waals surface area contributed by atoms with Crippen LogP contribution in [0, 0.1) is 13.8 Å². The van der Waals surface area contributed by atoms with Crippen LogP contribution in [0.4, 0.5) is 0 Å². The number of nitrogens with zero attached hydrogens (tertiary/aromatic N) is 2. The number of carbonyl (C=O) groups is 1. The number of fused-ring (bicyclic) bond motifs is 1. The smallest absolute Gasteiger partial charge is 0.270 e. The van der Waals surface area contributed by atoms with Crippen molar-refractivity contribution in [2.75, 3.05) is 0 Å². The monoisotopic (exact) mass is 373 g/mol. The van der Waals surface area contributed by atoms with Crippen LogP contribution >= 0.6 is 11.3 Å². The summed E-state index contributed by atoms with van der Waals surface area (Å²) in [5.41, 5.74) is 4.53. The number of aromatic nitrogens is 2. The zero-order valence-electron chi connectivity index (χ0n) is 15.2. The second-order valence-corrected chi connectivity index (χ2v) is 7.50. The minimum Gasteiger partial charge on any atom is -0.346 e. The molecule has 1 amide bonds. The largest absolute Gasteiger partial charge is 0.346 e. The lowest BCUT2D eigenvalue weighted by Gasteiger charge is -2.05. The molecule has 2 aromatic carbocycles. The van der Waals surface area contributed by atoms with Gasteiger partial charge in [0.25, 0.3) is 5.91 Å². The SMILES string of the molecule is Cc1ccccc1-c1nc(C)c(CNC(=O)c2ccc3ccccc3n2)s1. The van der Waals surface area contributed by atoms with Crippen LogP contribution in [-0.4, -0.2) is 15.9 Å². The molecule has 0 aliphatic heterocycles. The summed E-state index contributed by atoms with van der Waals surface area (Å²) in [4.78, 5) is 22.7. The Balaban J connectivity index is 1.51. The third-order valence-corrected chi connectivity index (χ3v) is 5.70. The zero-order chi connectivity index (χ0) is 18.8. The molecular weight excluding hydrogens is 354 g/mol. The molecule has 0 aliphatic carbocycles. The van der Waals surface area contributed by atoms with E-state index in [1.54, 1.807) is 17.4 Å². The van der Waals surface area contributed by atoms with Crippen molar-refractivity contribution in [1.82, 2.24) is 15.3 Å². The van der Waals surface area contributed by atoms with E-state index in [0.717, 1.165) is 32.0 Å². The van der Waals surface area contributed by atoms with Gasteiger partial charge in [0.15, 0.2) is 0 Å². The lowest BCUT2D eigenvalue weighted by molar-refractivity contribution is 0.0946. The molecule has 0 unspecified atom stereocenters. The summed E-state index contributed by atoms with van der Waals surface area (Å²) in [6.07, 6.45) is 0. The van der Waals surface area contributed by atoms with Crippen molar-refractivity contribution in [3.8, 4) is 10.6 Å². The summed E-state index contributed by atoms with van der Waals surface area (Å²) >= 11 is 1.62. The number of thiazole rings is 1. The highest BCUT2D eigenvalue weighted by Gasteiger charge is 2.13. The molecule has 0 fully saturated rings. The van der Waals surface area contributed by atoms with Crippen LogP contribution in [0.1, 0.15) is 26.6 Å². The summed E-state index contributed by atoms with van der Waals surface area (Å²) in [5, 5.41) is 4.98. The highest BCUT2D eigenvalue weighted by atomic mass is 32.1. The molecule has 0 atom stereocenters. The first-order valence-electron chi connectivity index (χ1n) is 8.78. The van der Waals surface area contributed by atoms with Crippen LogP contribution in [0.15, 0.2) is 60.7 Å². The van der Waals surface area contributed by atoms with E-state index in [0.29, 0.717) is 12.2 Å². The Morgan fingerprint density at radius 1 is 0.963 bits per heavy atom. The number of pyridine rings is 1. The summed E-state index contributed by atoms with van der Waals surface area (Å²) < 4.78 is 0. The van der Waals surface area contributed by atoms with E-state index in [-0.39, 0.29) is 5.91 Å². The molecule has 0 saturated heterocycles. The summed E-state index contributed by atoms with van der Waals surface area (Å²) in [6, 6.07) is 19.7. The lowest BCUT2D eigenvalue weighted by atomic mass is 10.1. The van der Waals surface area contributed by atoms with Crippen LogP contribution in [0.2, 0.25) is 0 Å². The average Bonchev–Trinajstić information content (AvgIpc) is 3.06. The third-order valence-electron chi connectivity index (χ3n) is 4.51. The van der Waals surface area contributed by atoms with Crippen molar-refractivity contribution in [2.24, 2.45) is 0 Å². The number of aryl methyl sites for hydroxylation is 2. The number of hydrogen-bond acceptors (Lipinski definition) is 4. The van der Waals surface area contributed by atoms with Crippen molar-refractivity contribution in [2.45, 2.75) is 20.4 Å². The molecule has 0 bridgehead atoms. The van der Waals surface area contributed by atoms with Crippen LogP contribution in [0.3, 0.4) is 0 Å². The molecule has 0 spiro atoms. The molecule has 5 heteroatoms. The Morgan fingerprint density at radius 3 is 2.59 bits per heavy atom. The number of nitrogens with one attached hydrogen (secondary N) is 1. The predicted molar refractivity (Wildman–Crippen MR) is 110 cm³/mol. The van der Waals surface area contributed by atoms with E-state index in [1.165, 1.54) is 5.56 Å². The van der Waals surface area contributed by atoms with Crippen LogP contribution in [0.25, 0.3) is 21.5 Å². The minimum atomic E-state index is -0.175. The van der Waals surface area contributed by atoms with E-state index < -0.39 is 0 Å². The van der Waals surface area contributed by atoms with Crippen LogP contribution in [0.5, 0.6) is 0 Å². The number of para-hydroxylation sites is 1. The second-order valence-electron chi connectivity index (χ2n) is 6.41. The van der Waals surface area contributed by atoms with E-state index in [1.807, 2.05) is 49.4 Å². The van der Waals surface area contributed by atoms with Crippen molar-refractivity contribution in [3.63, 3.8) is 0 Å². The van der Waals surface area contributed by atoms with Gasteiger partial charge < -0.3 is 5.32 Å². The van der Waals surface area contributed by atoms with Crippen molar-refractivity contribution in [1.29, 1.82) is 0 Å². The van der Waals surface area contributed by atoms with Gasteiger partial charge in [-0.05, 0) is 31.5 Å². The Hall–Kier alpha value is -3.05. The maximum Gasteiger partial charge on any atom is 0.270 e.